The molecule has 1 aromatic heterocycles. The van der Waals surface area contributed by atoms with Crippen LogP contribution in [-0.2, 0) is 20.7 Å². The molecule has 8 heteroatoms. The van der Waals surface area contributed by atoms with Crippen LogP contribution in [0.1, 0.15) is 12.2 Å². The Hall–Kier alpha value is -3.49. The van der Waals surface area contributed by atoms with E-state index in [0.29, 0.717) is 26.1 Å². The van der Waals surface area contributed by atoms with Crippen LogP contribution in [0.4, 0.5) is 17.1 Å². The van der Waals surface area contributed by atoms with Crippen LogP contribution >= 0.6 is 0 Å². The van der Waals surface area contributed by atoms with Gasteiger partial charge in [0.15, 0.2) is 0 Å². The van der Waals surface area contributed by atoms with Crippen molar-refractivity contribution in [3.63, 3.8) is 0 Å². The molecule has 1 amide bonds. The van der Waals surface area contributed by atoms with Gasteiger partial charge in [0, 0.05) is 50.3 Å². The molecule has 0 spiro atoms. The van der Waals surface area contributed by atoms with E-state index in [0.717, 1.165) is 79.3 Å². The molecule has 190 valence electrons. The number of rotatable bonds is 8. The Morgan fingerprint density at radius 2 is 1.58 bits per heavy atom. The first-order chi connectivity index (χ1) is 17.7. The summed E-state index contributed by atoms with van der Waals surface area (Å²) in [4.78, 5) is 17.5. The summed E-state index contributed by atoms with van der Waals surface area (Å²) in [6, 6.07) is 17.9. The summed E-state index contributed by atoms with van der Waals surface area (Å²) < 4.78 is 22.3. The predicted molar refractivity (Wildman–Crippen MR) is 140 cm³/mol. The normalized spacial score (nSPS) is 16.1. The number of morpholine rings is 2. The number of carbonyl (C=O) groups is 1. The van der Waals surface area contributed by atoms with Gasteiger partial charge in [-0.25, -0.2) is 0 Å². The SMILES string of the molecule is COc1ccc(-c2ccc(CCC(=O)Nc3ccc(N4CCOCC4)cc3N3CCOCC3)o2)cc1. The van der Waals surface area contributed by atoms with Crippen molar-refractivity contribution in [2.45, 2.75) is 12.8 Å². The highest BCUT2D eigenvalue weighted by molar-refractivity contribution is 5.95. The van der Waals surface area contributed by atoms with E-state index in [1.54, 1.807) is 7.11 Å². The van der Waals surface area contributed by atoms with E-state index in [1.807, 2.05) is 42.5 Å². The van der Waals surface area contributed by atoms with Gasteiger partial charge >= 0.3 is 0 Å². The smallest absolute Gasteiger partial charge is 0.224 e. The Bertz CT molecular complexity index is 1150. The van der Waals surface area contributed by atoms with E-state index in [-0.39, 0.29) is 5.91 Å². The van der Waals surface area contributed by atoms with Gasteiger partial charge in [0.05, 0.1) is 44.9 Å². The maximum Gasteiger partial charge on any atom is 0.224 e. The van der Waals surface area contributed by atoms with Gasteiger partial charge in [-0.05, 0) is 54.6 Å². The summed E-state index contributed by atoms with van der Waals surface area (Å²) in [6.45, 7) is 6.18. The second-order valence-corrected chi connectivity index (χ2v) is 8.94. The molecule has 0 radical (unpaired) electrons. The zero-order chi connectivity index (χ0) is 24.7. The zero-order valence-electron chi connectivity index (χ0n) is 20.7. The van der Waals surface area contributed by atoms with Crippen molar-refractivity contribution >= 4 is 23.0 Å². The largest absolute Gasteiger partial charge is 0.497 e. The van der Waals surface area contributed by atoms with Crippen LogP contribution in [0.5, 0.6) is 5.75 Å². The topological polar surface area (TPSA) is 76.4 Å². The molecule has 2 aliphatic heterocycles. The van der Waals surface area contributed by atoms with Gasteiger partial charge in [0.25, 0.3) is 0 Å². The molecule has 0 saturated carbocycles. The number of benzene rings is 2. The summed E-state index contributed by atoms with van der Waals surface area (Å²) in [6.07, 6.45) is 0.865. The number of nitrogens with zero attached hydrogens (tertiary/aromatic N) is 2. The fourth-order valence-electron chi connectivity index (χ4n) is 4.58. The molecule has 3 aromatic rings. The Balaban J connectivity index is 1.24. The molecule has 3 heterocycles. The first-order valence-corrected chi connectivity index (χ1v) is 12.5. The van der Waals surface area contributed by atoms with Crippen LogP contribution in [-0.4, -0.2) is 65.6 Å². The highest BCUT2D eigenvalue weighted by Crippen LogP contribution is 2.32. The van der Waals surface area contributed by atoms with E-state index in [9.17, 15) is 4.79 Å². The van der Waals surface area contributed by atoms with Gasteiger partial charge in [-0.1, -0.05) is 0 Å². The van der Waals surface area contributed by atoms with E-state index in [4.69, 9.17) is 18.6 Å². The number of furan rings is 1. The lowest BCUT2D eigenvalue weighted by Crippen LogP contribution is -2.38. The molecule has 0 atom stereocenters. The van der Waals surface area contributed by atoms with Crippen molar-refractivity contribution in [3.05, 3.63) is 60.4 Å². The molecule has 2 fully saturated rings. The minimum Gasteiger partial charge on any atom is -0.497 e. The maximum atomic E-state index is 12.9. The molecule has 0 aliphatic carbocycles. The Kier molecular flexibility index (Phi) is 7.73. The molecule has 0 unspecified atom stereocenters. The van der Waals surface area contributed by atoms with Gasteiger partial charge in [-0.2, -0.15) is 0 Å². The Labute approximate surface area is 211 Å². The molecule has 36 heavy (non-hydrogen) atoms. The molecular weight excluding hydrogens is 458 g/mol. The number of nitrogens with one attached hydrogen (secondary N) is 1. The highest BCUT2D eigenvalue weighted by Gasteiger charge is 2.20. The Morgan fingerprint density at radius 3 is 2.28 bits per heavy atom. The maximum absolute atomic E-state index is 12.9. The summed E-state index contributed by atoms with van der Waals surface area (Å²) in [5, 5.41) is 3.14. The number of carbonyl (C=O) groups excluding carboxylic acids is 1. The third-order valence-electron chi connectivity index (χ3n) is 6.62. The van der Waals surface area contributed by atoms with Crippen molar-refractivity contribution < 1.29 is 23.4 Å². The van der Waals surface area contributed by atoms with E-state index >= 15 is 0 Å². The van der Waals surface area contributed by atoms with Crippen LogP contribution < -0.4 is 19.9 Å². The molecule has 2 saturated heterocycles. The van der Waals surface area contributed by atoms with Crippen LogP contribution in [0, 0.1) is 0 Å². The molecule has 2 aliphatic rings. The van der Waals surface area contributed by atoms with Crippen molar-refractivity contribution in [1.82, 2.24) is 0 Å². The lowest BCUT2D eigenvalue weighted by atomic mass is 10.1. The number of aryl methyl sites for hydroxylation is 1. The zero-order valence-corrected chi connectivity index (χ0v) is 20.7. The second-order valence-electron chi connectivity index (χ2n) is 8.94. The highest BCUT2D eigenvalue weighted by atomic mass is 16.5. The molecule has 8 nitrogen and oxygen atoms in total. The van der Waals surface area contributed by atoms with Gasteiger partial charge in [-0.3, -0.25) is 4.79 Å². The quantitative estimate of drug-likeness (QED) is 0.506. The number of ether oxygens (including phenoxy) is 3. The lowest BCUT2D eigenvalue weighted by molar-refractivity contribution is -0.116. The second kappa shape index (κ2) is 11.5. The van der Waals surface area contributed by atoms with E-state index < -0.39 is 0 Å². The number of hydrogen-bond acceptors (Lipinski definition) is 7. The lowest BCUT2D eigenvalue weighted by Gasteiger charge is -2.33. The molecular formula is C28H33N3O5. The number of amides is 1. The minimum atomic E-state index is -0.0361. The summed E-state index contributed by atoms with van der Waals surface area (Å²) >= 11 is 0. The van der Waals surface area contributed by atoms with Crippen LogP contribution in [0.3, 0.4) is 0 Å². The number of anilines is 3. The van der Waals surface area contributed by atoms with Crippen LogP contribution in [0.15, 0.2) is 59.0 Å². The molecule has 5 rings (SSSR count). The predicted octanol–water partition coefficient (Wildman–Crippen LogP) is 4.20. The summed E-state index contributed by atoms with van der Waals surface area (Å²) in [7, 11) is 1.65. The molecule has 2 aromatic carbocycles. The minimum absolute atomic E-state index is 0.0361. The van der Waals surface area contributed by atoms with Gasteiger partial charge in [-0.15, -0.1) is 0 Å². The third kappa shape index (κ3) is 5.83. The number of methoxy groups -OCH3 is 1. The fraction of sp³-hybridized carbons (Fsp3) is 0.393. The summed E-state index contributed by atoms with van der Waals surface area (Å²) in [5.41, 5.74) is 3.99. The van der Waals surface area contributed by atoms with Crippen molar-refractivity contribution in [3.8, 4) is 17.1 Å². The molecule has 0 bridgehead atoms. The third-order valence-corrected chi connectivity index (χ3v) is 6.62. The fourth-order valence-corrected chi connectivity index (χ4v) is 4.58. The van der Waals surface area contributed by atoms with E-state index in [2.05, 4.69) is 27.2 Å². The van der Waals surface area contributed by atoms with E-state index in [1.165, 1.54) is 0 Å². The first-order valence-electron chi connectivity index (χ1n) is 12.5. The first kappa shape index (κ1) is 24.2. The standard InChI is InChI=1S/C28H33N3O5/c1-33-23-5-2-21(3-6-23)27-10-7-24(36-27)8-11-28(32)29-25-9-4-22(30-12-16-34-17-13-30)20-26(25)31-14-18-35-19-15-31/h2-7,9-10,20H,8,11-19H2,1H3,(H,29,32). The van der Waals surface area contributed by atoms with Gasteiger partial charge in [0.1, 0.15) is 17.3 Å². The molecule has 1 N–H and O–H groups in total. The Morgan fingerprint density at radius 1 is 0.889 bits per heavy atom. The monoisotopic (exact) mass is 491 g/mol. The van der Waals surface area contributed by atoms with Gasteiger partial charge in [0.2, 0.25) is 5.91 Å². The van der Waals surface area contributed by atoms with Crippen molar-refractivity contribution in [2.24, 2.45) is 0 Å². The van der Waals surface area contributed by atoms with Crippen LogP contribution in [0.25, 0.3) is 11.3 Å². The average Bonchev–Trinajstić information content (AvgIpc) is 3.42. The average molecular weight is 492 g/mol. The van der Waals surface area contributed by atoms with Crippen molar-refractivity contribution in [1.29, 1.82) is 0 Å². The summed E-state index contributed by atoms with van der Waals surface area (Å²) in [5.74, 6) is 2.33. The van der Waals surface area contributed by atoms with Gasteiger partial charge < -0.3 is 33.7 Å². The van der Waals surface area contributed by atoms with Crippen LogP contribution in [0.2, 0.25) is 0 Å². The van der Waals surface area contributed by atoms with Crippen molar-refractivity contribution in [2.75, 3.05) is 74.8 Å². The number of hydrogen-bond donors (Lipinski definition) is 1.